The first kappa shape index (κ1) is 18.3. The van der Waals surface area contributed by atoms with Crippen LogP contribution in [0.3, 0.4) is 0 Å². The Bertz CT molecular complexity index is 1190. The predicted octanol–water partition coefficient (Wildman–Crippen LogP) is 4.32. The number of nitrogens with two attached hydrogens (primary N) is 1. The molecule has 2 aromatic heterocycles. The summed E-state index contributed by atoms with van der Waals surface area (Å²) >= 11 is 0. The summed E-state index contributed by atoms with van der Waals surface area (Å²) in [5, 5.41) is 9.05. The van der Waals surface area contributed by atoms with Crippen molar-refractivity contribution in [2.24, 2.45) is 0 Å². The predicted molar refractivity (Wildman–Crippen MR) is 114 cm³/mol. The van der Waals surface area contributed by atoms with E-state index in [2.05, 4.69) is 4.98 Å². The van der Waals surface area contributed by atoms with Crippen molar-refractivity contribution in [1.29, 1.82) is 0 Å². The number of aromatic nitrogens is 3. The van der Waals surface area contributed by atoms with Crippen LogP contribution in [0.25, 0.3) is 28.7 Å². The van der Waals surface area contributed by atoms with Gasteiger partial charge in [0, 0.05) is 41.2 Å². The van der Waals surface area contributed by atoms with Crippen LogP contribution in [0, 0.1) is 6.92 Å². The molecule has 0 aliphatic heterocycles. The van der Waals surface area contributed by atoms with E-state index < -0.39 is 5.97 Å². The number of rotatable bonds is 5. The Morgan fingerprint density at radius 3 is 2.55 bits per heavy atom. The zero-order valence-electron chi connectivity index (χ0n) is 15.9. The van der Waals surface area contributed by atoms with E-state index in [0.29, 0.717) is 5.69 Å². The van der Waals surface area contributed by atoms with Crippen LogP contribution in [0.4, 0.5) is 5.69 Å². The molecule has 29 heavy (non-hydrogen) atoms. The molecule has 6 heteroatoms. The number of carboxylic acids is 1. The average Bonchev–Trinajstić information content (AvgIpc) is 3.37. The average molecular weight is 384 g/mol. The molecule has 0 saturated carbocycles. The highest BCUT2D eigenvalue weighted by Crippen LogP contribution is 2.30. The number of aryl methyl sites for hydroxylation is 1. The van der Waals surface area contributed by atoms with Gasteiger partial charge in [-0.15, -0.1) is 0 Å². The van der Waals surface area contributed by atoms with Crippen LogP contribution in [0.5, 0.6) is 0 Å². The number of aliphatic carboxylic acids is 1. The number of anilines is 1. The van der Waals surface area contributed by atoms with Crippen LogP contribution in [-0.4, -0.2) is 25.2 Å². The molecule has 0 fully saturated rings. The molecule has 0 atom stereocenters. The van der Waals surface area contributed by atoms with Crippen molar-refractivity contribution in [2.75, 3.05) is 5.73 Å². The van der Waals surface area contributed by atoms with Crippen LogP contribution in [-0.2, 0) is 4.79 Å². The van der Waals surface area contributed by atoms with Gasteiger partial charge in [-0.25, -0.2) is 9.78 Å². The van der Waals surface area contributed by atoms with Gasteiger partial charge in [0.15, 0.2) is 0 Å². The molecule has 0 unspecified atom stereocenters. The lowest BCUT2D eigenvalue weighted by Gasteiger charge is -2.16. The standard InChI is InChI=1S/C23H20N4O2/c1-16-14-18(24)4-9-21(16)27-20(8-11-23(28)29)7-10-22(27)17-2-5-19(6-3-17)26-13-12-25-15-26/h2-15H,24H2,1H3,(H,28,29)/b11-8+. The van der Waals surface area contributed by atoms with Crippen molar-refractivity contribution in [3.63, 3.8) is 0 Å². The Labute approximate surface area is 168 Å². The van der Waals surface area contributed by atoms with E-state index in [4.69, 9.17) is 10.8 Å². The Balaban J connectivity index is 1.84. The summed E-state index contributed by atoms with van der Waals surface area (Å²) in [5.41, 5.74) is 12.3. The van der Waals surface area contributed by atoms with E-state index in [1.54, 1.807) is 18.6 Å². The lowest BCUT2D eigenvalue weighted by atomic mass is 10.1. The molecule has 0 aliphatic rings. The molecule has 3 N–H and O–H groups in total. The molecule has 144 valence electrons. The summed E-state index contributed by atoms with van der Waals surface area (Å²) in [6.07, 6.45) is 8.13. The van der Waals surface area contributed by atoms with Crippen molar-refractivity contribution in [3.8, 4) is 22.6 Å². The van der Waals surface area contributed by atoms with Gasteiger partial charge in [0.05, 0.1) is 12.0 Å². The smallest absolute Gasteiger partial charge is 0.328 e. The molecule has 0 amide bonds. The molecule has 0 saturated heterocycles. The molecule has 0 bridgehead atoms. The van der Waals surface area contributed by atoms with E-state index in [1.807, 2.05) is 76.9 Å². The SMILES string of the molecule is Cc1cc(N)ccc1-n1c(/C=C/C(=O)O)ccc1-c1ccc(-n2ccnc2)cc1. The number of nitrogens with zero attached hydrogens (tertiary/aromatic N) is 3. The third-order valence-electron chi connectivity index (χ3n) is 4.74. The van der Waals surface area contributed by atoms with Gasteiger partial charge in [0.25, 0.3) is 0 Å². The number of carboxylic acid groups (broad SMARTS) is 1. The summed E-state index contributed by atoms with van der Waals surface area (Å²) in [6.45, 7) is 1.99. The summed E-state index contributed by atoms with van der Waals surface area (Å²) in [4.78, 5) is 15.1. The minimum Gasteiger partial charge on any atom is -0.478 e. The van der Waals surface area contributed by atoms with Gasteiger partial charge < -0.3 is 20.0 Å². The molecule has 4 aromatic rings. The largest absolute Gasteiger partial charge is 0.478 e. The summed E-state index contributed by atoms with van der Waals surface area (Å²) < 4.78 is 3.98. The first-order valence-electron chi connectivity index (χ1n) is 9.11. The zero-order chi connectivity index (χ0) is 20.4. The highest BCUT2D eigenvalue weighted by molar-refractivity contribution is 5.85. The van der Waals surface area contributed by atoms with Crippen molar-refractivity contribution in [2.45, 2.75) is 6.92 Å². The minimum absolute atomic E-state index is 0.687. The van der Waals surface area contributed by atoms with Crippen molar-refractivity contribution >= 4 is 17.7 Å². The number of hydrogen-bond donors (Lipinski definition) is 2. The number of carbonyl (C=O) groups is 1. The van der Waals surface area contributed by atoms with E-state index in [0.717, 1.165) is 40.0 Å². The van der Waals surface area contributed by atoms with Crippen LogP contribution in [0.1, 0.15) is 11.3 Å². The number of benzene rings is 2. The molecule has 2 heterocycles. The second-order valence-corrected chi connectivity index (χ2v) is 6.71. The second kappa shape index (κ2) is 7.52. The van der Waals surface area contributed by atoms with Crippen LogP contribution < -0.4 is 5.73 Å². The molecule has 0 aliphatic carbocycles. The van der Waals surface area contributed by atoms with Crippen LogP contribution >= 0.6 is 0 Å². The van der Waals surface area contributed by atoms with Gasteiger partial charge >= 0.3 is 5.97 Å². The van der Waals surface area contributed by atoms with Gasteiger partial charge in [-0.2, -0.15) is 0 Å². The Morgan fingerprint density at radius 2 is 1.90 bits per heavy atom. The van der Waals surface area contributed by atoms with Crippen molar-refractivity contribution in [1.82, 2.24) is 14.1 Å². The fourth-order valence-corrected chi connectivity index (χ4v) is 3.38. The van der Waals surface area contributed by atoms with Crippen LogP contribution in [0.2, 0.25) is 0 Å². The van der Waals surface area contributed by atoms with E-state index in [1.165, 1.54) is 0 Å². The van der Waals surface area contributed by atoms with Crippen molar-refractivity contribution in [3.05, 3.63) is 90.7 Å². The van der Waals surface area contributed by atoms with Gasteiger partial charge in [0.1, 0.15) is 0 Å². The molecule has 6 nitrogen and oxygen atoms in total. The Morgan fingerprint density at radius 1 is 1.10 bits per heavy atom. The molecule has 0 radical (unpaired) electrons. The fraction of sp³-hybridized carbons (Fsp3) is 0.0435. The molecule has 0 spiro atoms. The number of hydrogen-bond acceptors (Lipinski definition) is 3. The number of imidazole rings is 1. The van der Waals surface area contributed by atoms with E-state index in [-0.39, 0.29) is 0 Å². The van der Waals surface area contributed by atoms with E-state index in [9.17, 15) is 4.79 Å². The Kier molecular flexibility index (Phi) is 4.75. The summed E-state index contributed by atoms with van der Waals surface area (Å²) in [5.74, 6) is -0.988. The monoisotopic (exact) mass is 384 g/mol. The molecular weight excluding hydrogens is 364 g/mol. The van der Waals surface area contributed by atoms with Gasteiger partial charge in [-0.3, -0.25) is 0 Å². The summed E-state index contributed by atoms with van der Waals surface area (Å²) in [7, 11) is 0. The maximum absolute atomic E-state index is 11.0. The maximum atomic E-state index is 11.0. The van der Waals surface area contributed by atoms with Gasteiger partial charge in [0.2, 0.25) is 0 Å². The highest BCUT2D eigenvalue weighted by atomic mass is 16.4. The van der Waals surface area contributed by atoms with Gasteiger partial charge in [-0.1, -0.05) is 12.1 Å². The fourth-order valence-electron chi connectivity index (χ4n) is 3.38. The second-order valence-electron chi connectivity index (χ2n) is 6.71. The molecule has 2 aromatic carbocycles. The third kappa shape index (κ3) is 3.68. The van der Waals surface area contributed by atoms with Crippen molar-refractivity contribution < 1.29 is 9.90 Å². The van der Waals surface area contributed by atoms with Crippen LogP contribution in [0.15, 0.2) is 79.4 Å². The minimum atomic E-state index is -0.988. The molecular formula is C23H20N4O2. The third-order valence-corrected chi connectivity index (χ3v) is 4.74. The Hall–Kier alpha value is -4.06. The molecule has 4 rings (SSSR count). The topological polar surface area (TPSA) is 86.1 Å². The quantitative estimate of drug-likeness (QED) is 0.396. The first-order chi connectivity index (χ1) is 14.0. The van der Waals surface area contributed by atoms with Gasteiger partial charge in [-0.05, 0) is 66.6 Å². The maximum Gasteiger partial charge on any atom is 0.328 e. The number of nitrogen functional groups attached to an aromatic ring is 1. The first-order valence-corrected chi connectivity index (χ1v) is 9.11. The summed E-state index contributed by atoms with van der Waals surface area (Å²) in [6, 6.07) is 17.7. The normalized spacial score (nSPS) is 11.2. The zero-order valence-corrected chi connectivity index (χ0v) is 15.9. The lowest BCUT2D eigenvalue weighted by Crippen LogP contribution is -2.03. The lowest BCUT2D eigenvalue weighted by molar-refractivity contribution is -0.131. The van der Waals surface area contributed by atoms with E-state index >= 15 is 0 Å². The highest BCUT2D eigenvalue weighted by Gasteiger charge is 2.13.